The van der Waals surface area contributed by atoms with Crippen LogP contribution >= 0.6 is 0 Å². The number of hydrogen-bond donors (Lipinski definition) is 0. The fourth-order valence-corrected chi connectivity index (χ4v) is 3.76. The zero-order valence-electron chi connectivity index (χ0n) is 16.5. The Labute approximate surface area is 148 Å². The van der Waals surface area contributed by atoms with Crippen LogP contribution in [-0.4, -0.2) is 40.9 Å². The number of benzene rings is 1. The van der Waals surface area contributed by atoms with Gasteiger partial charge >= 0.3 is 0 Å². The molecule has 1 atom stereocenters. The molecule has 1 unspecified atom stereocenters. The third kappa shape index (κ3) is 4.00. The summed E-state index contributed by atoms with van der Waals surface area (Å²) in [4.78, 5) is 17.2. The SMILES string of the molecule is CC(C)C(=O)N1CCN(C(C)(C)C)C(c2ccccc2C(C)C)C1. The molecule has 2 rings (SSSR count). The number of carbonyl (C=O) groups excluding carboxylic acids is 1. The normalized spacial score (nSPS) is 20.0. The number of piperazine rings is 1. The minimum absolute atomic E-state index is 0.0622. The van der Waals surface area contributed by atoms with Crippen molar-refractivity contribution < 1.29 is 4.79 Å². The lowest BCUT2D eigenvalue weighted by molar-refractivity contribution is -0.139. The number of carbonyl (C=O) groups is 1. The Balaban J connectivity index is 2.41. The van der Waals surface area contributed by atoms with Gasteiger partial charge in [-0.25, -0.2) is 0 Å². The van der Waals surface area contributed by atoms with Crippen molar-refractivity contribution in [2.45, 2.75) is 66.0 Å². The molecule has 1 aromatic rings. The van der Waals surface area contributed by atoms with E-state index in [0.717, 1.165) is 19.6 Å². The van der Waals surface area contributed by atoms with Crippen molar-refractivity contribution in [1.82, 2.24) is 9.80 Å². The molecule has 0 radical (unpaired) electrons. The molecule has 1 amide bonds. The number of nitrogens with zero attached hydrogens (tertiary/aromatic N) is 2. The van der Waals surface area contributed by atoms with E-state index in [4.69, 9.17) is 0 Å². The van der Waals surface area contributed by atoms with Gasteiger partial charge in [-0.15, -0.1) is 0 Å². The van der Waals surface area contributed by atoms with Gasteiger partial charge in [-0.1, -0.05) is 52.0 Å². The molecule has 1 saturated heterocycles. The average molecular weight is 331 g/mol. The lowest BCUT2D eigenvalue weighted by atomic mass is 9.88. The fraction of sp³-hybridized carbons (Fsp3) is 0.667. The van der Waals surface area contributed by atoms with Crippen LogP contribution in [0.4, 0.5) is 0 Å². The molecular formula is C21H34N2O. The molecule has 0 saturated carbocycles. The molecule has 3 nitrogen and oxygen atoms in total. The van der Waals surface area contributed by atoms with Crippen LogP contribution in [0.25, 0.3) is 0 Å². The van der Waals surface area contributed by atoms with Crippen LogP contribution in [0.3, 0.4) is 0 Å². The molecule has 0 N–H and O–H groups in total. The topological polar surface area (TPSA) is 23.6 Å². The van der Waals surface area contributed by atoms with Gasteiger partial charge in [0.1, 0.15) is 0 Å². The molecule has 134 valence electrons. The molecule has 1 aliphatic rings. The van der Waals surface area contributed by atoms with E-state index >= 15 is 0 Å². The van der Waals surface area contributed by atoms with Crippen LogP contribution in [0.2, 0.25) is 0 Å². The van der Waals surface area contributed by atoms with E-state index in [0.29, 0.717) is 5.92 Å². The first-order valence-electron chi connectivity index (χ1n) is 9.27. The van der Waals surface area contributed by atoms with E-state index in [-0.39, 0.29) is 23.4 Å². The first-order valence-corrected chi connectivity index (χ1v) is 9.27. The fourth-order valence-electron chi connectivity index (χ4n) is 3.76. The third-order valence-corrected chi connectivity index (χ3v) is 5.02. The van der Waals surface area contributed by atoms with E-state index in [1.165, 1.54) is 11.1 Å². The summed E-state index contributed by atoms with van der Waals surface area (Å²) in [5.41, 5.74) is 2.86. The maximum atomic E-state index is 12.6. The van der Waals surface area contributed by atoms with Gasteiger partial charge in [-0.2, -0.15) is 0 Å². The third-order valence-electron chi connectivity index (χ3n) is 5.02. The van der Waals surface area contributed by atoms with Crippen molar-refractivity contribution in [3.63, 3.8) is 0 Å². The summed E-state index contributed by atoms with van der Waals surface area (Å²) in [5.74, 6) is 0.821. The predicted octanol–water partition coefficient (Wildman–Crippen LogP) is 4.45. The Hall–Kier alpha value is -1.35. The van der Waals surface area contributed by atoms with Crippen LogP contribution in [0.1, 0.15) is 71.6 Å². The summed E-state index contributed by atoms with van der Waals surface area (Å²) < 4.78 is 0. The smallest absolute Gasteiger partial charge is 0.225 e. The van der Waals surface area contributed by atoms with Gasteiger partial charge in [0.15, 0.2) is 0 Å². The van der Waals surface area contributed by atoms with Crippen molar-refractivity contribution >= 4 is 5.91 Å². The highest BCUT2D eigenvalue weighted by Crippen LogP contribution is 2.35. The number of amides is 1. The number of hydrogen-bond acceptors (Lipinski definition) is 2. The Kier molecular flexibility index (Phi) is 5.74. The van der Waals surface area contributed by atoms with Crippen LogP contribution in [0, 0.1) is 5.92 Å². The second kappa shape index (κ2) is 7.26. The summed E-state index contributed by atoms with van der Waals surface area (Å²) in [6.45, 7) is 17.9. The number of rotatable bonds is 3. The van der Waals surface area contributed by atoms with Gasteiger partial charge in [0.2, 0.25) is 5.91 Å². The van der Waals surface area contributed by atoms with Gasteiger partial charge in [0, 0.05) is 31.1 Å². The molecule has 1 aliphatic heterocycles. The maximum absolute atomic E-state index is 12.6. The zero-order valence-corrected chi connectivity index (χ0v) is 16.5. The minimum Gasteiger partial charge on any atom is -0.339 e. The van der Waals surface area contributed by atoms with Crippen molar-refractivity contribution in [1.29, 1.82) is 0 Å². The Morgan fingerprint density at radius 1 is 1.08 bits per heavy atom. The largest absolute Gasteiger partial charge is 0.339 e. The van der Waals surface area contributed by atoms with Crippen molar-refractivity contribution in [3.8, 4) is 0 Å². The average Bonchev–Trinajstić information content (AvgIpc) is 2.52. The summed E-state index contributed by atoms with van der Waals surface area (Å²) in [6, 6.07) is 9.01. The monoisotopic (exact) mass is 330 g/mol. The highest BCUT2D eigenvalue weighted by Gasteiger charge is 2.37. The molecule has 0 aromatic heterocycles. The summed E-state index contributed by atoms with van der Waals surface area (Å²) in [5, 5.41) is 0. The van der Waals surface area contributed by atoms with Crippen molar-refractivity contribution in [2.75, 3.05) is 19.6 Å². The maximum Gasteiger partial charge on any atom is 0.225 e. The zero-order chi connectivity index (χ0) is 18.1. The summed E-state index contributed by atoms with van der Waals surface area (Å²) in [7, 11) is 0. The quantitative estimate of drug-likeness (QED) is 0.817. The van der Waals surface area contributed by atoms with Crippen LogP contribution in [-0.2, 0) is 4.79 Å². The highest BCUT2D eigenvalue weighted by molar-refractivity contribution is 5.78. The molecule has 1 heterocycles. The first-order chi connectivity index (χ1) is 11.1. The first kappa shape index (κ1) is 19.0. The molecule has 0 bridgehead atoms. The van der Waals surface area contributed by atoms with Crippen LogP contribution in [0.15, 0.2) is 24.3 Å². The molecule has 0 aliphatic carbocycles. The molecule has 24 heavy (non-hydrogen) atoms. The van der Waals surface area contributed by atoms with Gasteiger partial charge in [-0.05, 0) is 37.8 Å². The summed E-state index contributed by atoms with van der Waals surface area (Å²) >= 11 is 0. The van der Waals surface area contributed by atoms with Crippen molar-refractivity contribution in [2.24, 2.45) is 5.92 Å². The summed E-state index contributed by atoms with van der Waals surface area (Å²) in [6.07, 6.45) is 0. The Morgan fingerprint density at radius 2 is 1.71 bits per heavy atom. The second-order valence-electron chi connectivity index (χ2n) is 8.60. The lowest BCUT2D eigenvalue weighted by Crippen LogP contribution is -2.56. The molecule has 1 fully saturated rings. The predicted molar refractivity (Wildman–Crippen MR) is 101 cm³/mol. The van der Waals surface area contributed by atoms with Crippen LogP contribution < -0.4 is 0 Å². The van der Waals surface area contributed by atoms with Gasteiger partial charge in [0.05, 0.1) is 6.04 Å². The molecule has 0 spiro atoms. The van der Waals surface area contributed by atoms with E-state index in [9.17, 15) is 4.79 Å². The van der Waals surface area contributed by atoms with E-state index in [1.54, 1.807) is 0 Å². The van der Waals surface area contributed by atoms with E-state index in [2.05, 4.69) is 68.7 Å². The highest BCUT2D eigenvalue weighted by atomic mass is 16.2. The van der Waals surface area contributed by atoms with Crippen molar-refractivity contribution in [3.05, 3.63) is 35.4 Å². The molecule has 1 aromatic carbocycles. The van der Waals surface area contributed by atoms with Gasteiger partial charge in [-0.3, -0.25) is 9.69 Å². The van der Waals surface area contributed by atoms with Gasteiger partial charge < -0.3 is 4.90 Å². The van der Waals surface area contributed by atoms with Crippen LogP contribution in [0.5, 0.6) is 0 Å². The minimum atomic E-state index is 0.0622. The van der Waals surface area contributed by atoms with Gasteiger partial charge in [0.25, 0.3) is 0 Å². The van der Waals surface area contributed by atoms with E-state index in [1.807, 2.05) is 13.8 Å². The van der Waals surface area contributed by atoms with E-state index < -0.39 is 0 Å². The second-order valence-corrected chi connectivity index (χ2v) is 8.60. The Morgan fingerprint density at radius 3 is 2.25 bits per heavy atom. The Bertz CT molecular complexity index is 571. The molecule has 3 heteroatoms. The standard InChI is InChI=1S/C21H34N2O/c1-15(2)17-10-8-9-11-18(17)19-14-22(20(24)16(3)4)12-13-23(19)21(5,6)7/h8-11,15-16,19H,12-14H2,1-7H3. The lowest BCUT2D eigenvalue weighted by Gasteiger charge is -2.49. The molecular weight excluding hydrogens is 296 g/mol.